The first-order chi connectivity index (χ1) is 6.76. The zero-order valence-electron chi connectivity index (χ0n) is 9.13. The Morgan fingerprint density at radius 1 is 1.29 bits per heavy atom. The van der Waals surface area contributed by atoms with E-state index in [1.807, 2.05) is 6.92 Å². The molecule has 14 heavy (non-hydrogen) atoms. The molecule has 80 valence electrons. The van der Waals surface area contributed by atoms with Gasteiger partial charge in [-0.3, -0.25) is 4.99 Å². The predicted molar refractivity (Wildman–Crippen MR) is 59.3 cm³/mol. The third-order valence-corrected chi connectivity index (χ3v) is 3.88. The number of guanidine groups is 1. The first kappa shape index (κ1) is 9.81. The van der Waals surface area contributed by atoms with Gasteiger partial charge in [0.15, 0.2) is 5.96 Å². The van der Waals surface area contributed by atoms with E-state index in [0.717, 1.165) is 25.6 Å². The summed E-state index contributed by atoms with van der Waals surface area (Å²) in [6, 6.07) is 0. The molecule has 0 atom stereocenters. The summed E-state index contributed by atoms with van der Waals surface area (Å²) in [5.74, 6) is 0.752. The van der Waals surface area contributed by atoms with E-state index in [4.69, 9.17) is 5.73 Å². The molecule has 3 nitrogen and oxygen atoms in total. The second-order valence-electron chi connectivity index (χ2n) is 4.67. The maximum absolute atomic E-state index is 5.88. The summed E-state index contributed by atoms with van der Waals surface area (Å²) < 4.78 is 0. The largest absolute Gasteiger partial charge is 0.370 e. The molecule has 0 bridgehead atoms. The van der Waals surface area contributed by atoms with Gasteiger partial charge in [0, 0.05) is 19.6 Å². The standard InChI is InChI=1S/C11H21N3/c1-2-13-10(12)14-8-6-11(7-9-14)4-3-5-11/h2-9H2,1H3,(H2,12,13). The van der Waals surface area contributed by atoms with Gasteiger partial charge < -0.3 is 10.6 Å². The van der Waals surface area contributed by atoms with Crippen LogP contribution < -0.4 is 5.73 Å². The molecular formula is C11H21N3. The Balaban J connectivity index is 1.86. The summed E-state index contributed by atoms with van der Waals surface area (Å²) in [6.45, 7) is 5.07. The van der Waals surface area contributed by atoms with E-state index in [-0.39, 0.29) is 0 Å². The Morgan fingerprint density at radius 2 is 1.93 bits per heavy atom. The third-order valence-electron chi connectivity index (χ3n) is 3.88. The monoisotopic (exact) mass is 195 g/mol. The molecular weight excluding hydrogens is 174 g/mol. The van der Waals surface area contributed by atoms with Crippen LogP contribution in [0.1, 0.15) is 39.0 Å². The highest BCUT2D eigenvalue weighted by molar-refractivity contribution is 5.78. The van der Waals surface area contributed by atoms with Crippen LogP contribution in [0.2, 0.25) is 0 Å². The van der Waals surface area contributed by atoms with Gasteiger partial charge >= 0.3 is 0 Å². The van der Waals surface area contributed by atoms with Crippen molar-refractivity contribution >= 4 is 5.96 Å². The topological polar surface area (TPSA) is 41.6 Å². The predicted octanol–water partition coefficient (Wildman–Crippen LogP) is 1.59. The van der Waals surface area contributed by atoms with Crippen LogP contribution >= 0.6 is 0 Å². The molecule has 2 aliphatic rings. The SMILES string of the molecule is CCN=C(N)N1CCC2(CCC2)CC1. The lowest BCUT2D eigenvalue weighted by Crippen LogP contribution is -2.48. The lowest BCUT2D eigenvalue weighted by molar-refractivity contribution is 0.0566. The molecule has 2 N–H and O–H groups in total. The lowest BCUT2D eigenvalue weighted by Gasteiger charge is -2.48. The molecule has 0 aromatic heterocycles. The van der Waals surface area contributed by atoms with E-state index in [1.54, 1.807) is 0 Å². The molecule has 0 aromatic rings. The normalized spacial score (nSPS) is 26.4. The van der Waals surface area contributed by atoms with Gasteiger partial charge in [-0.25, -0.2) is 0 Å². The van der Waals surface area contributed by atoms with Crippen molar-refractivity contribution in [2.45, 2.75) is 39.0 Å². The highest BCUT2D eigenvalue weighted by Crippen LogP contribution is 2.48. The highest BCUT2D eigenvalue weighted by Gasteiger charge is 2.39. The van der Waals surface area contributed by atoms with Gasteiger partial charge in [-0.2, -0.15) is 0 Å². The van der Waals surface area contributed by atoms with E-state index >= 15 is 0 Å². The minimum absolute atomic E-state index is 0.711. The van der Waals surface area contributed by atoms with Crippen molar-refractivity contribution in [2.75, 3.05) is 19.6 Å². The van der Waals surface area contributed by atoms with Crippen molar-refractivity contribution in [1.29, 1.82) is 0 Å². The molecule has 0 radical (unpaired) electrons. The molecule has 1 heterocycles. The number of nitrogens with zero attached hydrogens (tertiary/aromatic N) is 2. The molecule has 1 aliphatic carbocycles. The molecule has 1 saturated carbocycles. The number of piperidine rings is 1. The first-order valence-corrected chi connectivity index (χ1v) is 5.81. The molecule has 2 fully saturated rings. The maximum atomic E-state index is 5.88. The number of hydrogen-bond acceptors (Lipinski definition) is 1. The quantitative estimate of drug-likeness (QED) is 0.510. The Kier molecular flexibility index (Phi) is 2.66. The van der Waals surface area contributed by atoms with Crippen LogP contribution in [0.25, 0.3) is 0 Å². The average Bonchev–Trinajstić information content (AvgIpc) is 2.16. The molecule has 1 saturated heterocycles. The molecule has 0 amide bonds. The summed E-state index contributed by atoms with van der Waals surface area (Å²) in [7, 11) is 0. The number of likely N-dealkylation sites (tertiary alicyclic amines) is 1. The minimum atomic E-state index is 0.711. The smallest absolute Gasteiger partial charge is 0.191 e. The van der Waals surface area contributed by atoms with Gasteiger partial charge in [-0.1, -0.05) is 6.42 Å². The zero-order valence-corrected chi connectivity index (χ0v) is 9.13. The van der Waals surface area contributed by atoms with Gasteiger partial charge in [-0.05, 0) is 38.0 Å². The number of rotatable bonds is 1. The highest BCUT2D eigenvalue weighted by atomic mass is 15.3. The maximum Gasteiger partial charge on any atom is 0.191 e. The summed E-state index contributed by atoms with van der Waals surface area (Å²) in [5.41, 5.74) is 6.59. The van der Waals surface area contributed by atoms with Crippen LogP contribution in [0.5, 0.6) is 0 Å². The number of hydrogen-bond donors (Lipinski definition) is 1. The van der Waals surface area contributed by atoms with Crippen molar-refractivity contribution in [1.82, 2.24) is 4.90 Å². The average molecular weight is 195 g/mol. The summed E-state index contributed by atoms with van der Waals surface area (Å²) in [4.78, 5) is 6.50. The Bertz CT molecular complexity index is 221. The molecule has 0 aromatic carbocycles. The molecule has 1 spiro atoms. The van der Waals surface area contributed by atoms with Gasteiger partial charge in [0.05, 0.1) is 0 Å². The van der Waals surface area contributed by atoms with E-state index < -0.39 is 0 Å². The Labute approximate surface area is 86.4 Å². The van der Waals surface area contributed by atoms with Crippen LogP contribution in [0.4, 0.5) is 0 Å². The fourth-order valence-corrected chi connectivity index (χ4v) is 2.65. The second kappa shape index (κ2) is 3.79. The lowest BCUT2D eigenvalue weighted by atomic mass is 9.63. The summed E-state index contributed by atoms with van der Waals surface area (Å²) in [6.07, 6.45) is 7.00. The number of aliphatic imine (C=N–C) groups is 1. The van der Waals surface area contributed by atoms with E-state index in [0.29, 0.717) is 5.41 Å². The van der Waals surface area contributed by atoms with Crippen molar-refractivity contribution in [3.8, 4) is 0 Å². The molecule has 3 heteroatoms. The van der Waals surface area contributed by atoms with Crippen LogP contribution in [0.15, 0.2) is 4.99 Å². The first-order valence-electron chi connectivity index (χ1n) is 5.81. The second-order valence-corrected chi connectivity index (χ2v) is 4.67. The van der Waals surface area contributed by atoms with Crippen LogP contribution in [0.3, 0.4) is 0 Å². The third kappa shape index (κ3) is 1.72. The fraction of sp³-hybridized carbons (Fsp3) is 0.909. The van der Waals surface area contributed by atoms with Crippen molar-refractivity contribution in [2.24, 2.45) is 16.1 Å². The van der Waals surface area contributed by atoms with Gasteiger partial charge in [-0.15, -0.1) is 0 Å². The van der Waals surface area contributed by atoms with Gasteiger partial charge in [0.1, 0.15) is 0 Å². The molecule has 2 rings (SSSR count). The number of nitrogens with two attached hydrogens (primary N) is 1. The Morgan fingerprint density at radius 3 is 2.36 bits per heavy atom. The Hall–Kier alpha value is -0.730. The van der Waals surface area contributed by atoms with Crippen LogP contribution in [-0.2, 0) is 0 Å². The van der Waals surface area contributed by atoms with E-state index in [2.05, 4.69) is 9.89 Å². The molecule has 0 unspecified atom stereocenters. The fourth-order valence-electron chi connectivity index (χ4n) is 2.65. The van der Waals surface area contributed by atoms with E-state index in [9.17, 15) is 0 Å². The minimum Gasteiger partial charge on any atom is -0.370 e. The van der Waals surface area contributed by atoms with Crippen LogP contribution in [0, 0.1) is 5.41 Å². The molecule has 1 aliphatic heterocycles. The van der Waals surface area contributed by atoms with Crippen molar-refractivity contribution in [3.63, 3.8) is 0 Å². The van der Waals surface area contributed by atoms with Gasteiger partial charge in [0.2, 0.25) is 0 Å². The summed E-state index contributed by atoms with van der Waals surface area (Å²) in [5, 5.41) is 0. The van der Waals surface area contributed by atoms with E-state index in [1.165, 1.54) is 32.1 Å². The van der Waals surface area contributed by atoms with Gasteiger partial charge in [0.25, 0.3) is 0 Å². The summed E-state index contributed by atoms with van der Waals surface area (Å²) >= 11 is 0. The van der Waals surface area contributed by atoms with Crippen molar-refractivity contribution in [3.05, 3.63) is 0 Å². The van der Waals surface area contributed by atoms with Crippen molar-refractivity contribution < 1.29 is 0 Å². The zero-order chi connectivity index (χ0) is 10.0. The van der Waals surface area contributed by atoms with Crippen LogP contribution in [-0.4, -0.2) is 30.5 Å².